The maximum Gasteiger partial charge on any atom is 0.0436 e. The topological polar surface area (TPSA) is 0 Å². The first-order valence-electron chi connectivity index (χ1n) is 5.97. The number of halogens is 1. The summed E-state index contributed by atoms with van der Waals surface area (Å²) in [6.07, 6.45) is 1.04. The molecule has 2 aromatic carbocycles. The van der Waals surface area contributed by atoms with Crippen molar-refractivity contribution in [2.24, 2.45) is 0 Å². The standard InChI is InChI=1S/C16H13BrS/c17-16(9-12-7-8-18-11-12)15-6-5-13-3-1-2-4-14(13)10-15/h1-8,10-11,16H,9H2. The van der Waals surface area contributed by atoms with Crippen LogP contribution in [0.25, 0.3) is 10.8 Å². The fourth-order valence-electron chi connectivity index (χ4n) is 2.14. The SMILES string of the molecule is BrC(Cc1ccsc1)c1ccc2ccccc2c1. The van der Waals surface area contributed by atoms with Gasteiger partial charge in [0.05, 0.1) is 0 Å². The summed E-state index contributed by atoms with van der Waals surface area (Å²) in [5.41, 5.74) is 2.75. The number of fused-ring (bicyclic) bond motifs is 1. The molecule has 0 nitrogen and oxygen atoms in total. The lowest BCUT2D eigenvalue weighted by atomic mass is 10.0. The van der Waals surface area contributed by atoms with Crippen LogP contribution in [-0.4, -0.2) is 0 Å². The highest BCUT2D eigenvalue weighted by molar-refractivity contribution is 9.09. The second-order valence-electron chi connectivity index (χ2n) is 4.41. The highest BCUT2D eigenvalue weighted by atomic mass is 79.9. The Balaban J connectivity index is 1.89. The molecule has 0 fully saturated rings. The molecular weight excluding hydrogens is 304 g/mol. The highest BCUT2D eigenvalue weighted by Gasteiger charge is 2.09. The van der Waals surface area contributed by atoms with Crippen molar-refractivity contribution in [3.8, 4) is 0 Å². The molecule has 3 aromatic rings. The van der Waals surface area contributed by atoms with Gasteiger partial charge in [-0.2, -0.15) is 11.3 Å². The Morgan fingerprint density at radius 3 is 2.61 bits per heavy atom. The first kappa shape index (κ1) is 11.9. The molecule has 0 saturated carbocycles. The number of rotatable bonds is 3. The molecule has 0 spiro atoms. The minimum atomic E-state index is 0.386. The molecule has 2 heteroatoms. The van der Waals surface area contributed by atoms with Crippen LogP contribution in [0.4, 0.5) is 0 Å². The molecule has 3 rings (SSSR count). The third kappa shape index (κ3) is 2.50. The zero-order valence-corrected chi connectivity index (χ0v) is 12.2. The largest absolute Gasteiger partial charge is 0.152 e. The van der Waals surface area contributed by atoms with Gasteiger partial charge in [-0.05, 0) is 45.1 Å². The van der Waals surface area contributed by atoms with Crippen molar-refractivity contribution in [3.63, 3.8) is 0 Å². The number of benzene rings is 2. The number of hydrogen-bond donors (Lipinski definition) is 0. The Morgan fingerprint density at radius 1 is 1.00 bits per heavy atom. The molecule has 0 aliphatic rings. The molecule has 0 radical (unpaired) electrons. The van der Waals surface area contributed by atoms with E-state index >= 15 is 0 Å². The van der Waals surface area contributed by atoms with Gasteiger partial charge in [-0.3, -0.25) is 0 Å². The Kier molecular flexibility index (Phi) is 3.48. The van der Waals surface area contributed by atoms with Crippen LogP contribution >= 0.6 is 27.3 Å². The maximum absolute atomic E-state index is 3.80. The van der Waals surface area contributed by atoms with Gasteiger partial charge in [-0.15, -0.1) is 0 Å². The van der Waals surface area contributed by atoms with E-state index in [4.69, 9.17) is 0 Å². The van der Waals surface area contributed by atoms with Crippen LogP contribution in [0, 0.1) is 0 Å². The molecule has 0 bridgehead atoms. The zero-order valence-electron chi connectivity index (χ0n) is 9.84. The van der Waals surface area contributed by atoms with Crippen LogP contribution in [-0.2, 0) is 6.42 Å². The lowest BCUT2D eigenvalue weighted by molar-refractivity contribution is 0.956. The van der Waals surface area contributed by atoms with Gasteiger partial charge in [0.15, 0.2) is 0 Å². The van der Waals surface area contributed by atoms with Gasteiger partial charge in [0, 0.05) is 4.83 Å². The van der Waals surface area contributed by atoms with Gasteiger partial charge in [0.2, 0.25) is 0 Å². The molecule has 1 unspecified atom stereocenters. The van der Waals surface area contributed by atoms with E-state index in [0.29, 0.717) is 4.83 Å². The van der Waals surface area contributed by atoms with E-state index in [9.17, 15) is 0 Å². The number of hydrogen-bond acceptors (Lipinski definition) is 1. The average Bonchev–Trinajstić information content (AvgIpc) is 2.91. The van der Waals surface area contributed by atoms with Crippen LogP contribution in [0.5, 0.6) is 0 Å². The molecular formula is C16H13BrS. The average molecular weight is 317 g/mol. The summed E-state index contributed by atoms with van der Waals surface area (Å²) in [6.45, 7) is 0. The first-order chi connectivity index (χ1) is 8.83. The molecule has 0 N–H and O–H groups in total. The molecule has 18 heavy (non-hydrogen) atoms. The van der Waals surface area contributed by atoms with Crippen molar-refractivity contribution in [2.75, 3.05) is 0 Å². The zero-order chi connectivity index (χ0) is 12.4. The number of alkyl halides is 1. The van der Waals surface area contributed by atoms with Gasteiger partial charge >= 0.3 is 0 Å². The van der Waals surface area contributed by atoms with E-state index < -0.39 is 0 Å². The summed E-state index contributed by atoms with van der Waals surface area (Å²) in [5, 5.41) is 6.96. The molecule has 0 aliphatic carbocycles. The third-order valence-corrected chi connectivity index (χ3v) is 4.71. The van der Waals surface area contributed by atoms with Crippen LogP contribution in [0.1, 0.15) is 16.0 Å². The molecule has 1 atom stereocenters. The maximum atomic E-state index is 3.80. The van der Waals surface area contributed by atoms with Crippen LogP contribution in [0.15, 0.2) is 59.3 Å². The lowest BCUT2D eigenvalue weighted by Gasteiger charge is -2.10. The quantitative estimate of drug-likeness (QED) is 0.553. The van der Waals surface area contributed by atoms with Crippen LogP contribution in [0.3, 0.4) is 0 Å². The minimum Gasteiger partial charge on any atom is -0.152 e. The summed E-state index contributed by atoms with van der Waals surface area (Å²) in [4.78, 5) is 0.386. The van der Waals surface area contributed by atoms with Gasteiger partial charge in [0.1, 0.15) is 0 Å². The van der Waals surface area contributed by atoms with Crippen LogP contribution < -0.4 is 0 Å². The lowest BCUT2D eigenvalue weighted by Crippen LogP contribution is -1.94. The van der Waals surface area contributed by atoms with E-state index in [1.54, 1.807) is 11.3 Å². The van der Waals surface area contributed by atoms with E-state index in [1.807, 2.05) is 0 Å². The number of thiophene rings is 1. The second-order valence-corrected chi connectivity index (χ2v) is 6.30. The van der Waals surface area contributed by atoms with E-state index in [2.05, 4.69) is 75.2 Å². The summed E-state index contributed by atoms with van der Waals surface area (Å²) in [5.74, 6) is 0. The smallest absolute Gasteiger partial charge is 0.0436 e. The van der Waals surface area contributed by atoms with Crippen molar-refractivity contribution >= 4 is 38.0 Å². The van der Waals surface area contributed by atoms with Crippen molar-refractivity contribution < 1.29 is 0 Å². The van der Waals surface area contributed by atoms with E-state index in [1.165, 1.54) is 21.9 Å². The fraction of sp³-hybridized carbons (Fsp3) is 0.125. The normalized spacial score (nSPS) is 12.7. The van der Waals surface area contributed by atoms with Crippen molar-refractivity contribution in [1.29, 1.82) is 0 Å². The molecule has 1 heterocycles. The second kappa shape index (κ2) is 5.25. The Labute approximate surface area is 119 Å². The van der Waals surface area contributed by atoms with Gasteiger partial charge in [-0.1, -0.05) is 58.4 Å². The van der Waals surface area contributed by atoms with Crippen molar-refractivity contribution in [2.45, 2.75) is 11.2 Å². The van der Waals surface area contributed by atoms with E-state index in [0.717, 1.165) is 6.42 Å². The predicted molar refractivity (Wildman–Crippen MR) is 83.6 cm³/mol. The van der Waals surface area contributed by atoms with Gasteiger partial charge < -0.3 is 0 Å². The van der Waals surface area contributed by atoms with Crippen molar-refractivity contribution in [3.05, 3.63) is 70.4 Å². The third-order valence-electron chi connectivity index (χ3n) is 3.13. The summed E-state index contributed by atoms with van der Waals surface area (Å²) >= 11 is 5.56. The van der Waals surface area contributed by atoms with Crippen LogP contribution in [0.2, 0.25) is 0 Å². The van der Waals surface area contributed by atoms with Gasteiger partial charge in [0.25, 0.3) is 0 Å². The molecule has 90 valence electrons. The summed E-state index contributed by atoms with van der Waals surface area (Å²) < 4.78 is 0. The monoisotopic (exact) mass is 316 g/mol. The Hall–Kier alpha value is -1.12. The molecule has 0 amide bonds. The molecule has 0 aliphatic heterocycles. The summed E-state index contributed by atoms with van der Waals surface area (Å²) in [7, 11) is 0. The first-order valence-corrected chi connectivity index (χ1v) is 7.82. The minimum absolute atomic E-state index is 0.386. The fourth-order valence-corrected chi connectivity index (χ4v) is 3.48. The molecule has 1 aromatic heterocycles. The van der Waals surface area contributed by atoms with Gasteiger partial charge in [-0.25, -0.2) is 0 Å². The Morgan fingerprint density at radius 2 is 1.83 bits per heavy atom. The Bertz CT molecular complexity index is 643. The summed E-state index contributed by atoms with van der Waals surface area (Å²) in [6, 6.07) is 17.4. The molecule has 0 saturated heterocycles. The van der Waals surface area contributed by atoms with E-state index in [-0.39, 0.29) is 0 Å². The predicted octanol–water partition coefficient (Wildman–Crippen LogP) is 5.58. The highest BCUT2D eigenvalue weighted by Crippen LogP contribution is 2.30. The van der Waals surface area contributed by atoms with Crippen molar-refractivity contribution in [1.82, 2.24) is 0 Å².